The van der Waals surface area contributed by atoms with Crippen molar-refractivity contribution >= 4 is 33.2 Å². The lowest BCUT2D eigenvalue weighted by atomic mass is 10.00. The van der Waals surface area contributed by atoms with Gasteiger partial charge in [0.15, 0.2) is 0 Å². The zero-order chi connectivity index (χ0) is 13.8. The highest BCUT2D eigenvalue weighted by Crippen LogP contribution is 2.22. The number of halogens is 1. The molecule has 0 spiro atoms. The van der Waals surface area contributed by atoms with Gasteiger partial charge in [-0.05, 0) is 54.8 Å². The lowest BCUT2D eigenvalue weighted by Gasteiger charge is -2.21. The van der Waals surface area contributed by atoms with Crippen LogP contribution in [-0.2, 0) is 11.2 Å². The number of rotatable bonds is 6. The first-order valence-corrected chi connectivity index (χ1v) is 7.66. The van der Waals surface area contributed by atoms with Crippen LogP contribution in [0, 0.1) is 0 Å². The van der Waals surface area contributed by atoms with Crippen molar-refractivity contribution in [3.63, 3.8) is 0 Å². The molecule has 102 valence electrons. The first kappa shape index (κ1) is 15.7. The normalized spacial score (nSPS) is 11.6. The first-order chi connectivity index (χ1) is 8.28. The Bertz CT molecular complexity index is 398. The quantitative estimate of drug-likeness (QED) is 0.870. The molecule has 1 aromatic heterocycles. The fourth-order valence-electron chi connectivity index (χ4n) is 1.51. The summed E-state index contributed by atoms with van der Waals surface area (Å²) in [7, 11) is 1.86. The molecule has 0 fully saturated rings. The number of nitrogens with zero attached hydrogens (tertiary/aromatic N) is 1. The Kier molecular flexibility index (Phi) is 5.82. The second-order valence-electron chi connectivity index (χ2n) is 5.26. The van der Waals surface area contributed by atoms with Gasteiger partial charge in [-0.15, -0.1) is 11.3 Å². The highest BCUT2D eigenvalue weighted by molar-refractivity contribution is 9.11. The van der Waals surface area contributed by atoms with Crippen LogP contribution in [0.3, 0.4) is 0 Å². The maximum Gasteiger partial charge on any atom is 0.222 e. The number of nitrogens with two attached hydrogens (primary N) is 1. The minimum atomic E-state index is -0.269. The fraction of sp³-hybridized carbons (Fsp3) is 0.615. The fourth-order valence-corrected chi connectivity index (χ4v) is 2.98. The molecule has 1 aromatic rings. The van der Waals surface area contributed by atoms with E-state index in [1.54, 1.807) is 16.2 Å². The zero-order valence-corrected chi connectivity index (χ0v) is 13.6. The molecule has 0 aliphatic rings. The molecule has 18 heavy (non-hydrogen) atoms. The first-order valence-electron chi connectivity index (χ1n) is 6.05. The summed E-state index contributed by atoms with van der Waals surface area (Å²) in [5.74, 6) is 0.171. The molecule has 0 radical (unpaired) electrons. The van der Waals surface area contributed by atoms with Gasteiger partial charge in [-0.2, -0.15) is 0 Å². The second-order valence-corrected chi connectivity index (χ2v) is 7.81. The van der Waals surface area contributed by atoms with Gasteiger partial charge in [0.05, 0.1) is 3.79 Å². The van der Waals surface area contributed by atoms with Gasteiger partial charge >= 0.3 is 0 Å². The number of thiophene rings is 1. The summed E-state index contributed by atoms with van der Waals surface area (Å²) in [5.41, 5.74) is 5.61. The smallest absolute Gasteiger partial charge is 0.222 e. The van der Waals surface area contributed by atoms with Crippen LogP contribution in [0.4, 0.5) is 0 Å². The SMILES string of the molecule is CN(CCc1ccc(Br)s1)C(=O)CCC(C)(C)N. The maximum atomic E-state index is 11.9. The number of hydrogen-bond donors (Lipinski definition) is 1. The van der Waals surface area contributed by atoms with Gasteiger partial charge in [-0.25, -0.2) is 0 Å². The second kappa shape index (κ2) is 6.68. The molecular weight excluding hydrogens is 312 g/mol. The molecule has 0 aliphatic carbocycles. The Hall–Kier alpha value is -0.390. The third-order valence-electron chi connectivity index (χ3n) is 2.73. The summed E-state index contributed by atoms with van der Waals surface area (Å²) in [6.07, 6.45) is 2.15. The number of carbonyl (C=O) groups excluding carboxylic acids is 1. The molecule has 1 rings (SSSR count). The largest absolute Gasteiger partial charge is 0.345 e. The van der Waals surface area contributed by atoms with Crippen LogP contribution >= 0.6 is 27.3 Å². The summed E-state index contributed by atoms with van der Waals surface area (Å²) < 4.78 is 1.14. The molecule has 1 amide bonds. The maximum absolute atomic E-state index is 11.9. The van der Waals surface area contributed by atoms with Crippen LogP contribution in [0.1, 0.15) is 31.6 Å². The predicted octanol–water partition coefficient (Wildman–Crippen LogP) is 3.03. The van der Waals surface area contributed by atoms with E-state index in [1.165, 1.54) is 4.88 Å². The molecule has 0 aliphatic heterocycles. The van der Waals surface area contributed by atoms with E-state index >= 15 is 0 Å². The van der Waals surface area contributed by atoms with E-state index < -0.39 is 0 Å². The lowest BCUT2D eigenvalue weighted by Crippen LogP contribution is -2.35. The zero-order valence-electron chi connectivity index (χ0n) is 11.2. The van der Waals surface area contributed by atoms with Crippen molar-refractivity contribution in [1.82, 2.24) is 4.90 Å². The molecule has 0 aromatic carbocycles. The average Bonchev–Trinajstić information content (AvgIpc) is 2.67. The molecule has 0 saturated heterocycles. The summed E-state index contributed by atoms with van der Waals surface area (Å²) in [6.45, 7) is 4.66. The Morgan fingerprint density at radius 2 is 2.17 bits per heavy atom. The molecule has 0 atom stereocenters. The Morgan fingerprint density at radius 3 is 2.67 bits per heavy atom. The molecule has 3 nitrogen and oxygen atoms in total. The van der Waals surface area contributed by atoms with Gasteiger partial charge in [-0.1, -0.05) is 0 Å². The summed E-state index contributed by atoms with van der Waals surface area (Å²) in [6, 6.07) is 4.13. The average molecular weight is 333 g/mol. The summed E-state index contributed by atoms with van der Waals surface area (Å²) in [5, 5.41) is 0. The molecule has 0 saturated carbocycles. The Labute approximate surface area is 121 Å². The molecule has 0 unspecified atom stereocenters. The van der Waals surface area contributed by atoms with Crippen molar-refractivity contribution in [1.29, 1.82) is 0 Å². The van der Waals surface area contributed by atoms with E-state index in [1.807, 2.05) is 27.0 Å². The van der Waals surface area contributed by atoms with Crippen LogP contribution < -0.4 is 5.73 Å². The number of amides is 1. The third kappa shape index (κ3) is 5.98. The van der Waals surface area contributed by atoms with E-state index in [9.17, 15) is 4.79 Å². The van der Waals surface area contributed by atoms with E-state index in [2.05, 4.69) is 22.0 Å². The van der Waals surface area contributed by atoms with Crippen LogP contribution in [0.25, 0.3) is 0 Å². The van der Waals surface area contributed by atoms with E-state index in [0.717, 1.165) is 23.2 Å². The highest BCUT2D eigenvalue weighted by Gasteiger charge is 2.15. The third-order valence-corrected chi connectivity index (χ3v) is 4.41. The Balaban J connectivity index is 2.32. The van der Waals surface area contributed by atoms with Crippen molar-refractivity contribution in [3.05, 3.63) is 20.8 Å². The number of likely N-dealkylation sites (N-methyl/N-ethyl adjacent to an activating group) is 1. The van der Waals surface area contributed by atoms with Crippen molar-refractivity contribution < 1.29 is 4.79 Å². The topological polar surface area (TPSA) is 46.3 Å². The van der Waals surface area contributed by atoms with Crippen molar-refractivity contribution in [2.24, 2.45) is 5.73 Å². The monoisotopic (exact) mass is 332 g/mol. The minimum absolute atomic E-state index is 0.171. The minimum Gasteiger partial charge on any atom is -0.345 e. The van der Waals surface area contributed by atoms with Gasteiger partial charge < -0.3 is 10.6 Å². The molecule has 2 N–H and O–H groups in total. The van der Waals surface area contributed by atoms with Crippen LogP contribution in [0.15, 0.2) is 15.9 Å². The number of hydrogen-bond acceptors (Lipinski definition) is 3. The van der Waals surface area contributed by atoms with Crippen molar-refractivity contribution in [2.75, 3.05) is 13.6 Å². The standard InChI is InChI=1S/C13H21BrN2OS/c1-13(2,15)8-6-12(17)16(3)9-7-10-4-5-11(14)18-10/h4-5H,6-9,15H2,1-3H3. The molecule has 0 bridgehead atoms. The highest BCUT2D eigenvalue weighted by atomic mass is 79.9. The van der Waals surface area contributed by atoms with E-state index in [-0.39, 0.29) is 11.4 Å². The van der Waals surface area contributed by atoms with Gasteiger partial charge in [0.25, 0.3) is 0 Å². The van der Waals surface area contributed by atoms with Gasteiger partial charge in [0, 0.05) is 30.4 Å². The molecule has 5 heteroatoms. The van der Waals surface area contributed by atoms with Gasteiger partial charge in [0.2, 0.25) is 5.91 Å². The lowest BCUT2D eigenvalue weighted by molar-refractivity contribution is -0.130. The van der Waals surface area contributed by atoms with Gasteiger partial charge in [-0.3, -0.25) is 4.79 Å². The van der Waals surface area contributed by atoms with E-state index in [4.69, 9.17) is 5.73 Å². The molecular formula is C13H21BrN2OS. The van der Waals surface area contributed by atoms with Crippen molar-refractivity contribution in [3.8, 4) is 0 Å². The number of carbonyl (C=O) groups is 1. The Morgan fingerprint density at radius 1 is 1.50 bits per heavy atom. The van der Waals surface area contributed by atoms with Crippen LogP contribution in [0.5, 0.6) is 0 Å². The van der Waals surface area contributed by atoms with E-state index in [0.29, 0.717) is 6.42 Å². The van der Waals surface area contributed by atoms with Crippen molar-refractivity contribution in [2.45, 2.75) is 38.6 Å². The van der Waals surface area contributed by atoms with Gasteiger partial charge in [0.1, 0.15) is 0 Å². The molecule has 1 heterocycles. The summed E-state index contributed by atoms with van der Waals surface area (Å²) in [4.78, 5) is 15.0. The summed E-state index contributed by atoms with van der Waals surface area (Å²) >= 11 is 5.16. The van der Waals surface area contributed by atoms with Crippen LogP contribution in [-0.4, -0.2) is 29.9 Å². The van der Waals surface area contributed by atoms with Crippen LogP contribution in [0.2, 0.25) is 0 Å². The predicted molar refractivity (Wildman–Crippen MR) is 80.9 cm³/mol.